The van der Waals surface area contributed by atoms with Crippen LogP contribution < -0.4 is 10.6 Å². The summed E-state index contributed by atoms with van der Waals surface area (Å²) in [5, 5.41) is 11.2. The maximum Gasteiger partial charge on any atom is 0.171 e. The molecule has 2 aromatic rings. The molecule has 2 rings (SSSR count). The standard InChI is InChI=1S/C16H22FN5S/c1-21(2)10-3-9-18-16(23)19-15-8-11-22(20-15)12-13-4-6-14(17)7-5-13/h4-8,11H,3,9-10,12H2,1-2H3,(H2,18,19,20,23). The van der Waals surface area contributed by atoms with Gasteiger partial charge in [0.05, 0.1) is 6.54 Å². The van der Waals surface area contributed by atoms with Gasteiger partial charge in [-0.3, -0.25) is 4.68 Å². The zero-order chi connectivity index (χ0) is 16.7. The molecule has 1 heterocycles. The van der Waals surface area contributed by atoms with Crippen molar-refractivity contribution in [1.82, 2.24) is 20.0 Å². The third kappa shape index (κ3) is 6.33. The fourth-order valence-electron chi connectivity index (χ4n) is 2.05. The Balaban J connectivity index is 1.77. The molecule has 0 amide bonds. The maximum atomic E-state index is 12.9. The molecule has 0 bridgehead atoms. The van der Waals surface area contributed by atoms with E-state index in [1.54, 1.807) is 16.8 Å². The summed E-state index contributed by atoms with van der Waals surface area (Å²) >= 11 is 5.24. The van der Waals surface area contributed by atoms with Crippen molar-refractivity contribution >= 4 is 23.1 Å². The Bertz CT molecular complexity index is 624. The van der Waals surface area contributed by atoms with Gasteiger partial charge < -0.3 is 15.5 Å². The highest BCUT2D eigenvalue weighted by atomic mass is 32.1. The lowest BCUT2D eigenvalue weighted by Crippen LogP contribution is -2.31. The van der Waals surface area contributed by atoms with Gasteiger partial charge in [0.1, 0.15) is 5.82 Å². The van der Waals surface area contributed by atoms with Gasteiger partial charge in [0, 0.05) is 18.8 Å². The van der Waals surface area contributed by atoms with E-state index in [-0.39, 0.29) is 5.82 Å². The van der Waals surface area contributed by atoms with Gasteiger partial charge in [-0.25, -0.2) is 4.39 Å². The molecule has 2 N–H and O–H groups in total. The third-order valence-electron chi connectivity index (χ3n) is 3.21. The van der Waals surface area contributed by atoms with Gasteiger partial charge in [0.15, 0.2) is 10.9 Å². The number of hydrogen-bond acceptors (Lipinski definition) is 3. The smallest absolute Gasteiger partial charge is 0.171 e. The van der Waals surface area contributed by atoms with Crippen molar-refractivity contribution in [2.45, 2.75) is 13.0 Å². The lowest BCUT2D eigenvalue weighted by atomic mass is 10.2. The Kier molecular flexibility index (Phi) is 6.49. The van der Waals surface area contributed by atoms with Crippen LogP contribution in [0.15, 0.2) is 36.5 Å². The summed E-state index contributed by atoms with van der Waals surface area (Å²) < 4.78 is 14.7. The van der Waals surface area contributed by atoms with Crippen LogP contribution >= 0.6 is 12.2 Å². The van der Waals surface area contributed by atoms with Gasteiger partial charge in [-0.15, -0.1) is 0 Å². The number of hydrogen-bond donors (Lipinski definition) is 2. The molecule has 1 aromatic heterocycles. The second-order valence-electron chi connectivity index (χ2n) is 5.56. The number of anilines is 1. The molecule has 0 atom stereocenters. The largest absolute Gasteiger partial charge is 0.362 e. The van der Waals surface area contributed by atoms with Gasteiger partial charge in [-0.2, -0.15) is 5.10 Å². The van der Waals surface area contributed by atoms with E-state index < -0.39 is 0 Å². The van der Waals surface area contributed by atoms with E-state index in [1.807, 2.05) is 26.4 Å². The number of benzene rings is 1. The van der Waals surface area contributed by atoms with E-state index in [4.69, 9.17) is 12.2 Å². The molecule has 0 fully saturated rings. The van der Waals surface area contributed by atoms with Crippen molar-refractivity contribution < 1.29 is 4.39 Å². The molecular weight excluding hydrogens is 313 g/mol. The van der Waals surface area contributed by atoms with Gasteiger partial charge >= 0.3 is 0 Å². The summed E-state index contributed by atoms with van der Waals surface area (Å²) in [5.74, 6) is 0.458. The molecule has 7 heteroatoms. The van der Waals surface area contributed by atoms with E-state index in [9.17, 15) is 4.39 Å². The molecule has 23 heavy (non-hydrogen) atoms. The minimum atomic E-state index is -0.234. The first-order valence-corrected chi connectivity index (χ1v) is 7.91. The van der Waals surface area contributed by atoms with Crippen molar-refractivity contribution in [2.75, 3.05) is 32.5 Å². The SMILES string of the molecule is CN(C)CCCNC(=S)Nc1ccn(Cc2ccc(F)cc2)n1. The zero-order valence-corrected chi connectivity index (χ0v) is 14.2. The Hall–Kier alpha value is -1.99. The Morgan fingerprint density at radius 2 is 2.00 bits per heavy atom. The molecule has 0 radical (unpaired) electrons. The van der Waals surface area contributed by atoms with E-state index in [0.29, 0.717) is 17.5 Å². The van der Waals surface area contributed by atoms with E-state index in [0.717, 1.165) is 25.1 Å². The second-order valence-corrected chi connectivity index (χ2v) is 5.97. The quantitative estimate of drug-likeness (QED) is 0.600. The summed E-state index contributed by atoms with van der Waals surface area (Å²) in [6.07, 6.45) is 2.88. The predicted molar refractivity (Wildman–Crippen MR) is 95.1 cm³/mol. The number of rotatable bonds is 7. The third-order valence-corrected chi connectivity index (χ3v) is 3.45. The molecule has 0 aliphatic rings. The molecule has 0 aliphatic carbocycles. The summed E-state index contributed by atoms with van der Waals surface area (Å²) in [5.41, 5.74) is 0.991. The average Bonchev–Trinajstić information content (AvgIpc) is 2.93. The Morgan fingerprint density at radius 1 is 1.26 bits per heavy atom. The van der Waals surface area contributed by atoms with Crippen molar-refractivity contribution in [1.29, 1.82) is 0 Å². The van der Waals surface area contributed by atoms with E-state index in [2.05, 4.69) is 20.6 Å². The van der Waals surface area contributed by atoms with Gasteiger partial charge in [-0.1, -0.05) is 12.1 Å². The normalized spacial score (nSPS) is 10.8. The minimum absolute atomic E-state index is 0.234. The highest BCUT2D eigenvalue weighted by Gasteiger charge is 2.03. The molecule has 0 saturated heterocycles. The first-order chi connectivity index (χ1) is 11.0. The highest BCUT2D eigenvalue weighted by molar-refractivity contribution is 7.80. The second kappa shape index (κ2) is 8.59. The summed E-state index contributed by atoms with van der Waals surface area (Å²) in [6.45, 7) is 2.42. The topological polar surface area (TPSA) is 45.1 Å². The van der Waals surface area contributed by atoms with Crippen LogP contribution in [0.3, 0.4) is 0 Å². The van der Waals surface area contributed by atoms with Crippen molar-refractivity contribution in [3.05, 3.63) is 47.9 Å². The zero-order valence-electron chi connectivity index (χ0n) is 13.4. The van der Waals surface area contributed by atoms with Crippen LogP contribution in [0.2, 0.25) is 0 Å². The lowest BCUT2D eigenvalue weighted by molar-refractivity contribution is 0.400. The molecular formula is C16H22FN5S. The number of thiocarbonyl (C=S) groups is 1. The summed E-state index contributed by atoms with van der Waals surface area (Å²) in [6, 6.07) is 8.26. The van der Waals surface area contributed by atoms with Gasteiger partial charge in [0.25, 0.3) is 0 Å². The van der Waals surface area contributed by atoms with Crippen molar-refractivity contribution in [3.63, 3.8) is 0 Å². The molecule has 0 unspecified atom stereocenters. The summed E-state index contributed by atoms with van der Waals surface area (Å²) in [4.78, 5) is 2.13. The van der Waals surface area contributed by atoms with Crippen LogP contribution in [0.5, 0.6) is 0 Å². The predicted octanol–water partition coefficient (Wildman–Crippen LogP) is 2.31. The molecule has 0 spiro atoms. The number of nitrogens with one attached hydrogen (secondary N) is 2. The molecule has 0 saturated carbocycles. The first-order valence-electron chi connectivity index (χ1n) is 7.50. The fraction of sp³-hybridized carbons (Fsp3) is 0.375. The van der Waals surface area contributed by atoms with Crippen LogP contribution in [-0.4, -0.2) is 47.0 Å². The van der Waals surface area contributed by atoms with Crippen LogP contribution in [-0.2, 0) is 6.54 Å². The van der Waals surface area contributed by atoms with Gasteiger partial charge in [-0.05, 0) is 57.0 Å². The Labute approximate surface area is 141 Å². The lowest BCUT2D eigenvalue weighted by Gasteiger charge is -2.11. The van der Waals surface area contributed by atoms with Crippen LogP contribution in [0.4, 0.5) is 10.2 Å². The summed E-state index contributed by atoms with van der Waals surface area (Å²) in [7, 11) is 4.09. The van der Waals surface area contributed by atoms with E-state index in [1.165, 1.54) is 12.1 Å². The van der Waals surface area contributed by atoms with Crippen molar-refractivity contribution in [3.8, 4) is 0 Å². The number of aromatic nitrogens is 2. The molecule has 124 valence electrons. The average molecular weight is 335 g/mol. The molecule has 1 aromatic carbocycles. The number of halogens is 1. The highest BCUT2D eigenvalue weighted by Crippen LogP contribution is 2.07. The fourth-order valence-corrected chi connectivity index (χ4v) is 2.26. The van der Waals surface area contributed by atoms with E-state index >= 15 is 0 Å². The number of nitrogens with zero attached hydrogens (tertiary/aromatic N) is 3. The van der Waals surface area contributed by atoms with Crippen LogP contribution in [0.1, 0.15) is 12.0 Å². The Morgan fingerprint density at radius 3 is 2.70 bits per heavy atom. The monoisotopic (exact) mass is 335 g/mol. The van der Waals surface area contributed by atoms with Gasteiger partial charge in [0.2, 0.25) is 0 Å². The van der Waals surface area contributed by atoms with Crippen LogP contribution in [0.25, 0.3) is 0 Å². The minimum Gasteiger partial charge on any atom is -0.362 e. The molecule has 5 nitrogen and oxygen atoms in total. The van der Waals surface area contributed by atoms with Crippen LogP contribution in [0, 0.1) is 5.82 Å². The van der Waals surface area contributed by atoms with Crippen molar-refractivity contribution in [2.24, 2.45) is 0 Å². The maximum absolute atomic E-state index is 12.9. The first kappa shape index (κ1) is 17.4. The molecule has 0 aliphatic heterocycles.